The molecule has 24 heavy (non-hydrogen) atoms. The van der Waals surface area contributed by atoms with Crippen molar-refractivity contribution < 1.29 is 19.0 Å². The highest BCUT2D eigenvalue weighted by Gasteiger charge is 2.11. The first kappa shape index (κ1) is 17.0. The van der Waals surface area contributed by atoms with Crippen molar-refractivity contribution in [2.24, 2.45) is 0 Å². The highest BCUT2D eigenvalue weighted by atomic mass is 19.1. The topological polar surface area (TPSA) is 82.3 Å². The summed E-state index contributed by atoms with van der Waals surface area (Å²) < 4.78 is 18.1. The summed E-state index contributed by atoms with van der Waals surface area (Å²) in [5.74, 6) is -0.794. The molecule has 0 aliphatic heterocycles. The van der Waals surface area contributed by atoms with Gasteiger partial charge in [-0.05, 0) is 55.0 Å². The van der Waals surface area contributed by atoms with Crippen molar-refractivity contribution in [3.05, 3.63) is 59.4 Å². The Bertz CT molecular complexity index is 808. The molecule has 0 aromatic heterocycles. The van der Waals surface area contributed by atoms with E-state index in [9.17, 15) is 19.6 Å². The molecule has 0 fully saturated rings. The second-order valence-corrected chi connectivity index (χ2v) is 4.79. The molecule has 2 aromatic carbocycles. The zero-order valence-corrected chi connectivity index (χ0v) is 12.9. The highest BCUT2D eigenvalue weighted by Crippen LogP contribution is 2.27. The van der Waals surface area contributed by atoms with E-state index in [1.807, 2.05) is 6.07 Å². The summed E-state index contributed by atoms with van der Waals surface area (Å²) in [6, 6.07) is 11.5. The molecule has 1 amide bonds. The minimum Gasteiger partial charge on any atom is -0.504 e. The number of halogens is 1. The molecule has 0 aliphatic rings. The summed E-state index contributed by atoms with van der Waals surface area (Å²) in [5, 5.41) is 21.4. The van der Waals surface area contributed by atoms with Gasteiger partial charge in [0.05, 0.1) is 6.61 Å². The number of carbonyl (C=O) groups excluding carboxylic acids is 1. The maximum atomic E-state index is 12.9. The molecule has 0 aliphatic carbocycles. The molecule has 6 heteroatoms. The maximum absolute atomic E-state index is 12.9. The van der Waals surface area contributed by atoms with Crippen molar-refractivity contribution in [2.45, 2.75) is 6.92 Å². The quantitative estimate of drug-likeness (QED) is 0.651. The highest BCUT2D eigenvalue weighted by molar-refractivity contribution is 6.09. The average Bonchev–Trinajstić information content (AvgIpc) is 2.57. The standard InChI is InChI=1S/C18H15FN2O3/c1-2-24-17-10-12(3-8-16(17)22)9-13(11-20)18(23)21-15-6-4-14(19)5-7-15/h3-10,22H,2H2,1H3,(H,21,23). The number of amides is 1. The Morgan fingerprint density at radius 3 is 2.67 bits per heavy atom. The number of nitrogens with one attached hydrogen (secondary N) is 1. The SMILES string of the molecule is CCOc1cc(C=C(C#N)C(=O)Nc2ccc(F)cc2)ccc1O. The van der Waals surface area contributed by atoms with Crippen LogP contribution in [0.2, 0.25) is 0 Å². The molecule has 0 saturated carbocycles. The first-order chi connectivity index (χ1) is 11.5. The zero-order valence-electron chi connectivity index (χ0n) is 12.9. The molecule has 122 valence electrons. The molecule has 0 bridgehead atoms. The van der Waals surface area contributed by atoms with Gasteiger partial charge in [-0.15, -0.1) is 0 Å². The van der Waals surface area contributed by atoms with E-state index in [2.05, 4.69) is 5.32 Å². The molecule has 2 rings (SSSR count). The largest absolute Gasteiger partial charge is 0.504 e. The summed E-state index contributed by atoms with van der Waals surface area (Å²) in [6.45, 7) is 2.15. The molecule has 0 radical (unpaired) electrons. The fourth-order valence-corrected chi connectivity index (χ4v) is 1.94. The normalized spacial score (nSPS) is 10.8. The third-order valence-electron chi connectivity index (χ3n) is 3.06. The lowest BCUT2D eigenvalue weighted by Crippen LogP contribution is -2.13. The molecule has 2 aromatic rings. The predicted octanol–water partition coefficient (Wildman–Crippen LogP) is 3.48. The Balaban J connectivity index is 2.22. The minimum atomic E-state index is -0.616. The first-order valence-electron chi connectivity index (χ1n) is 7.18. The van der Waals surface area contributed by atoms with Crippen LogP contribution in [0.25, 0.3) is 6.08 Å². The number of rotatable bonds is 5. The zero-order chi connectivity index (χ0) is 17.5. The van der Waals surface area contributed by atoms with E-state index in [-0.39, 0.29) is 17.1 Å². The number of benzene rings is 2. The van der Waals surface area contributed by atoms with Crippen molar-refractivity contribution >= 4 is 17.7 Å². The molecule has 0 atom stereocenters. The van der Waals surface area contributed by atoms with E-state index in [4.69, 9.17) is 4.74 Å². The number of nitriles is 1. The Morgan fingerprint density at radius 2 is 2.04 bits per heavy atom. The van der Waals surface area contributed by atoms with Gasteiger partial charge in [-0.2, -0.15) is 5.26 Å². The van der Waals surface area contributed by atoms with Gasteiger partial charge in [-0.3, -0.25) is 4.79 Å². The minimum absolute atomic E-state index is 0.0247. The summed E-state index contributed by atoms with van der Waals surface area (Å²) in [5.41, 5.74) is 0.776. The molecule has 0 heterocycles. The molecule has 0 saturated heterocycles. The smallest absolute Gasteiger partial charge is 0.266 e. The van der Waals surface area contributed by atoms with Gasteiger partial charge in [0, 0.05) is 5.69 Å². The Morgan fingerprint density at radius 1 is 1.33 bits per heavy atom. The Kier molecular flexibility index (Phi) is 5.53. The lowest BCUT2D eigenvalue weighted by Gasteiger charge is -2.07. The molecule has 2 N–H and O–H groups in total. The maximum Gasteiger partial charge on any atom is 0.266 e. The van der Waals surface area contributed by atoms with Crippen LogP contribution in [0.15, 0.2) is 48.0 Å². The van der Waals surface area contributed by atoms with Gasteiger partial charge in [-0.25, -0.2) is 4.39 Å². The van der Waals surface area contributed by atoms with Crippen molar-refractivity contribution in [3.63, 3.8) is 0 Å². The van der Waals surface area contributed by atoms with Gasteiger partial charge in [0.15, 0.2) is 11.5 Å². The van der Waals surface area contributed by atoms with Crippen molar-refractivity contribution in [2.75, 3.05) is 11.9 Å². The Hall–Kier alpha value is -3.33. The fourth-order valence-electron chi connectivity index (χ4n) is 1.94. The predicted molar refractivity (Wildman–Crippen MR) is 87.9 cm³/mol. The van der Waals surface area contributed by atoms with Gasteiger partial charge in [0.25, 0.3) is 5.91 Å². The number of aromatic hydroxyl groups is 1. The van der Waals surface area contributed by atoms with Gasteiger partial charge >= 0.3 is 0 Å². The van der Waals surface area contributed by atoms with Crippen LogP contribution in [-0.4, -0.2) is 17.6 Å². The molecule has 0 spiro atoms. The van der Waals surface area contributed by atoms with E-state index in [1.165, 1.54) is 42.5 Å². The number of ether oxygens (including phenoxy) is 1. The van der Waals surface area contributed by atoms with Crippen LogP contribution in [0.4, 0.5) is 10.1 Å². The molecule has 0 unspecified atom stereocenters. The van der Waals surface area contributed by atoms with Crippen molar-refractivity contribution in [1.82, 2.24) is 0 Å². The van der Waals surface area contributed by atoms with Gasteiger partial charge < -0.3 is 15.2 Å². The van der Waals surface area contributed by atoms with E-state index >= 15 is 0 Å². The van der Waals surface area contributed by atoms with Gasteiger partial charge in [0.2, 0.25) is 0 Å². The number of phenols is 1. The lowest BCUT2D eigenvalue weighted by molar-refractivity contribution is -0.112. The lowest BCUT2D eigenvalue weighted by atomic mass is 10.1. The number of anilines is 1. The number of phenolic OH excluding ortho intramolecular Hbond substituents is 1. The fraction of sp³-hybridized carbons (Fsp3) is 0.111. The van der Waals surface area contributed by atoms with Crippen LogP contribution in [0.3, 0.4) is 0 Å². The van der Waals surface area contributed by atoms with Crippen LogP contribution >= 0.6 is 0 Å². The van der Waals surface area contributed by atoms with Crippen molar-refractivity contribution in [3.8, 4) is 17.6 Å². The van der Waals surface area contributed by atoms with Crippen LogP contribution in [-0.2, 0) is 4.79 Å². The summed E-state index contributed by atoms with van der Waals surface area (Å²) in [6.07, 6.45) is 1.38. The second kappa shape index (κ2) is 7.79. The number of carbonyl (C=O) groups is 1. The van der Waals surface area contributed by atoms with Gasteiger partial charge in [-0.1, -0.05) is 6.07 Å². The first-order valence-corrected chi connectivity index (χ1v) is 7.18. The second-order valence-electron chi connectivity index (χ2n) is 4.79. The van der Waals surface area contributed by atoms with Crippen molar-refractivity contribution in [1.29, 1.82) is 5.26 Å². The van der Waals surface area contributed by atoms with E-state index < -0.39 is 11.7 Å². The molecular weight excluding hydrogens is 311 g/mol. The number of nitrogens with zero attached hydrogens (tertiary/aromatic N) is 1. The van der Waals surface area contributed by atoms with E-state index in [0.717, 1.165) is 0 Å². The van der Waals surface area contributed by atoms with Crippen LogP contribution < -0.4 is 10.1 Å². The average molecular weight is 326 g/mol. The third kappa shape index (κ3) is 4.34. The molecular formula is C18H15FN2O3. The summed E-state index contributed by atoms with van der Waals surface area (Å²) in [4.78, 5) is 12.1. The summed E-state index contributed by atoms with van der Waals surface area (Å²) >= 11 is 0. The third-order valence-corrected chi connectivity index (χ3v) is 3.06. The number of hydrogen-bond acceptors (Lipinski definition) is 4. The van der Waals surface area contributed by atoms with Crippen LogP contribution in [0, 0.1) is 17.1 Å². The van der Waals surface area contributed by atoms with Crippen LogP contribution in [0.1, 0.15) is 12.5 Å². The van der Waals surface area contributed by atoms with Crippen LogP contribution in [0.5, 0.6) is 11.5 Å². The molecule has 5 nitrogen and oxygen atoms in total. The van der Waals surface area contributed by atoms with Gasteiger partial charge in [0.1, 0.15) is 17.5 Å². The number of hydrogen-bond donors (Lipinski definition) is 2. The summed E-state index contributed by atoms with van der Waals surface area (Å²) in [7, 11) is 0. The Labute approximate surface area is 138 Å². The van der Waals surface area contributed by atoms with E-state index in [1.54, 1.807) is 13.0 Å². The van der Waals surface area contributed by atoms with E-state index in [0.29, 0.717) is 17.9 Å². The monoisotopic (exact) mass is 326 g/mol.